The number of fused-ring (bicyclic) bond motifs is 1. The van der Waals surface area contributed by atoms with Gasteiger partial charge in [-0.05, 0) is 23.6 Å². The standard InChI is InChI=1S/C10H9NO3S.C6H7NO3S/c11-9-6-5-7-3-1-2-4-8(7)10(9)15(12,13)14;7-5-3-1-2-4-6(5)11(8,9)10/h1-6H,11H2,(H,12,13,14);1-4H,7H2,(H,8,9,10). The van der Waals surface area contributed by atoms with Crippen LogP contribution in [0.15, 0.2) is 70.5 Å². The van der Waals surface area contributed by atoms with E-state index in [9.17, 15) is 16.8 Å². The summed E-state index contributed by atoms with van der Waals surface area (Å²) in [6.07, 6.45) is 0. The number of para-hydroxylation sites is 1. The van der Waals surface area contributed by atoms with Gasteiger partial charge >= 0.3 is 0 Å². The molecule has 0 bridgehead atoms. The fraction of sp³-hybridized carbons (Fsp3) is 0. The lowest BCUT2D eigenvalue weighted by molar-refractivity contribution is 0.482. The molecule has 0 heterocycles. The monoisotopic (exact) mass is 396 g/mol. The smallest absolute Gasteiger partial charge is 0.297 e. The van der Waals surface area contributed by atoms with E-state index in [1.165, 1.54) is 24.3 Å². The van der Waals surface area contributed by atoms with Crippen LogP contribution in [-0.2, 0) is 20.2 Å². The third-order valence-electron chi connectivity index (χ3n) is 3.36. The van der Waals surface area contributed by atoms with Gasteiger partial charge in [0.15, 0.2) is 0 Å². The van der Waals surface area contributed by atoms with Gasteiger partial charge in [0.2, 0.25) is 0 Å². The predicted molar refractivity (Wildman–Crippen MR) is 98.8 cm³/mol. The molecule has 8 nitrogen and oxygen atoms in total. The van der Waals surface area contributed by atoms with Gasteiger partial charge in [-0.2, -0.15) is 16.8 Å². The van der Waals surface area contributed by atoms with Gasteiger partial charge < -0.3 is 11.5 Å². The van der Waals surface area contributed by atoms with Crippen molar-refractivity contribution in [2.45, 2.75) is 9.79 Å². The Morgan fingerprint density at radius 2 is 1.23 bits per heavy atom. The quantitative estimate of drug-likeness (QED) is 0.378. The number of nitrogen functional groups attached to an aromatic ring is 2. The number of benzene rings is 3. The molecule has 0 aliphatic rings. The molecule has 0 aliphatic heterocycles. The maximum absolute atomic E-state index is 11.1. The van der Waals surface area contributed by atoms with E-state index < -0.39 is 20.2 Å². The fourth-order valence-corrected chi connectivity index (χ4v) is 3.71. The second-order valence-electron chi connectivity index (χ2n) is 5.19. The average Bonchev–Trinajstić information content (AvgIpc) is 2.53. The first-order chi connectivity index (χ1) is 12.0. The summed E-state index contributed by atoms with van der Waals surface area (Å²) in [7, 11) is -8.44. The highest BCUT2D eigenvalue weighted by Gasteiger charge is 2.17. The lowest BCUT2D eigenvalue weighted by atomic mass is 10.1. The zero-order valence-electron chi connectivity index (χ0n) is 13.3. The van der Waals surface area contributed by atoms with Crippen molar-refractivity contribution in [3.05, 3.63) is 60.7 Å². The zero-order valence-corrected chi connectivity index (χ0v) is 14.9. The number of rotatable bonds is 2. The minimum absolute atomic E-state index is 0.0509. The maximum Gasteiger partial charge on any atom is 0.297 e. The molecule has 0 fully saturated rings. The Balaban J connectivity index is 0.000000197. The molecule has 0 atom stereocenters. The van der Waals surface area contributed by atoms with Crippen molar-refractivity contribution in [1.82, 2.24) is 0 Å². The number of nitrogens with two attached hydrogens (primary N) is 2. The molecule has 6 N–H and O–H groups in total. The molecule has 0 radical (unpaired) electrons. The number of hydrogen-bond donors (Lipinski definition) is 4. The highest BCUT2D eigenvalue weighted by molar-refractivity contribution is 7.86. The molecule has 0 saturated heterocycles. The van der Waals surface area contributed by atoms with Crippen LogP contribution in [0.1, 0.15) is 0 Å². The van der Waals surface area contributed by atoms with Gasteiger partial charge in [-0.3, -0.25) is 9.11 Å². The van der Waals surface area contributed by atoms with E-state index in [1.54, 1.807) is 36.4 Å². The van der Waals surface area contributed by atoms with Crippen LogP contribution in [0.3, 0.4) is 0 Å². The van der Waals surface area contributed by atoms with Gasteiger partial charge in [0.1, 0.15) is 9.79 Å². The molecule has 10 heteroatoms. The first kappa shape index (κ1) is 19.7. The maximum atomic E-state index is 11.1. The van der Waals surface area contributed by atoms with Crippen molar-refractivity contribution >= 4 is 42.4 Å². The molecule has 3 rings (SSSR count). The van der Waals surface area contributed by atoms with E-state index in [-0.39, 0.29) is 21.2 Å². The van der Waals surface area contributed by atoms with E-state index in [1.807, 2.05) is 0 Å². The van der Waals surface area contributed by atoms with Crippen LogP contribution in [0.4, 0.5) is 11.4 Å². The Hall–Kier alpha value is -2.66. The van der Waals surface area contributed by atoms with E-state index in [4.69, 9.17) is 20.6 Å². The Morgan fingerprint density at radius 1 is 0.654 bits per heavy atom. The molecular weight excluding hydrogens is 380 g/mol. The van der Waals surface area contributed by atoms with Crippen molar-refractivity contribution in [2.24, 2.45) is 0 Å². The highest BCUT2D eigenvalue weighted by Crippen LogP contribution is 2.28. The van der Waals surface area contributed by atoms with Gasteiger partial charge in [-0.1, -0.05) is 42.5 Å². The summed E-state index contributed by atoms with van der Waals surface area (Å²) in [5, 5.41) is 1.15. The van der Waals surface area contributed by atoms with Gasteiger partial charge in [0.05, 0.1) is 11.4 Å². The van der Waals surface area contributed by atoms with Gasteiger partial charge in [0, 0.05) is 5.39 Å². The van der Waals surface area contributed by atoms with Crippen LogP contribution < -0.4 is 11.5 Å². The summed E-state index contributed by atoms with van der Waals surface area (Å²) >= 11 is 0. The summed E-state index contributed by atoms with van der Waals surface area (Å²) < 4.78 is 61.0. The van der Waals surface area contributed by atoms with Crippen LogP contribution in [-0.4, -0.2) is 25.9 Å². The SMILES string of the molecule is Nc1ccc2ccccc2c1S(=O)(=O)O.Nc1ccccc1S(=O)(=O)O. The van der Waals surface area contributed by atoms with Crippen molar-refractivity contribution in [3.63, 3.8) is 0 Å². The molecule has 0 saturated carbocycles. The summed E-state index contributed by atoms with van der Waals surface area (Å²) in [6.45, 7) is 0. The lowest BCUT2D eigenvalue weighted by Gasteiger charge is -2.06. The molecule has 0 aliphatic carbocycles. The van der Waals surface area contributed by atoms with Gasteiger partial charge in [-0.25, -0.2) is 0 Å². The first-order valence-electron chi connectivity index (χ1n) is 7.08. The van der Waals surface area contributed by atoms with E-state index in [0.717, 1.165) is 5.39 Å². The Kier molecular flexibility index (Phi) is 5.52. The van der Waals surface area contributed by atoms with E-state index in [2.05, 4.69) is 0 Å². The highest BCUT2D eigenvalue weighted by atomic mass is 32.2. The van der Waals surface area contributed by atoms with E-state index in [0.29, 0.717) is 5.39 Å². The molecular formula is C16H16N2O6S2. The van der Waals surface area contributed by atoms with Gasteiger partial charge in [-0.15, -0.1) is 0 Å². The van der Waals surface area contributed by atoms with Crippen molar-refractivity contribution in [1.29, 1.82) is 0 Å². The molecule has 3 aromatic rings. The molecule has 3 aromatic carbocycles. The summed E-state index contributed by atoms with van der Waals surface area (Å²) in [5.74, 6) is 0. The second-order valence-corrected chi connectivity index (χ2v) is 7.94. The first-order valence-corrected chi connectivity index (χ1v) is 9.96. The van der Waals surface area contributed by atoms with Crippen LogP contribution in [0, 0.1) is 0 Å². The predicted octanol–water partition coefficient (Wildman–Crippen LogP) is 2.18. The molecule has 26 heavy (non-hydrogen) atoms. The Bertz CT molecular complexity index is 1160. The second kappa shape index (κ2) is 7.30. The molecule has 138 valence electrons. The fourth-order valence-electron chi connectivity index (χ4n) is 2.26. The van der Waals surface area contributed by atoms with Crippen LogP contribution in [0.5, 0.6) is 0 Å². The average molecular weight is 396 g/mol. The topological polar surface area (TPSA) is 161 Å². The van der Waals surface area contributed by atoms with Crippen molar-refractivity contribution in [3.8, 4) is 0 Å². The van der Waals surface area contributed by atoms with Crippen LogP contribution in [0.25, 0.3) is 10.8 Å². The molecule has 0 unspecified atom stereocenters. The third kappa shape index (κ3) is 4.49. The number of hydrogen-bond acceptors (Lipinski definition) is 6. The lowest BCUT2D eigenvalue weighted by Crippen LogP contribution is -2.03. The van der Waals surface area contributed by atoms with Crippen molar-refractivity contribution in [2.75, 3.05) is 11.5 Å². The van der Waals surface area contributed by atoms with Crippen LogP contribution >= 0.6 is 0 Å². The molecule has 0 amide bonds. The summed E-state index contributed by atoms with van der Waals surface area (Å²) in [5.41, 5.74) is 10.9. The Labute approximate surface area is 150 Å². The summed E-state index contributed by atoms with van der Waals surface area (Å²) in [4.78, 5) is -0.472. The molecule has 0 aromatic heterocycles. The van der Waals surface area contributed by atoms with Crippen LogP contribution in [0.2, 0.25) is 0 Å². The van der Waals surface area contributed by atoms with Crippen molar-refractivity contribution < 1.29 is 25.9 Å². The zero-order chi connectivity index (χ0) is 19.5. The minimum atomic E-state index is -4.29. The normalized spacial score (nSPS) is 11.6. The Morgan fingerprint density at radius 3 is 1.77 bits per heavy atom. The largest absolute Gasteiger partial charge is 0.398 e. The number of anilines is 2. The minimum Gasteiger partial charge on any atom is -0.398 e. The third-order valence-corrected chi connectivity index (χ3v) is 5.26. The summed E-state index contributed by atoms with van der Waals surface area (Å²) in [6, 6.07) is 15.7. The molecule has 0 spiro atoms. The van der Waals surface area contributed by atoms with Gasteiger partial charge in [0.25, 0.3) is 20.2 Å². The van der Waals surface area contributed by atoms with E-state index >= 15 is 0 Å².